The van der Waals surface area contributed by atoms with Gasteiger partial charge in [0.25, 0.3) is 11.1 Å². The summed E-state index contributed by atoms with van der Waals surface area (Å²) >= 11 is 2.77. The van der Waals surface area contributed by atoms with E-state index in [-0.39, 0.29) is 5.91 Å². The van der Waals surface area contributed by atoms with Crippen LogP contribution in [0.15, 0.2) is 81.8 Å². The van der Waals surface area contributed by atoms with Gasteiger partial charge in [-0.1, -0.05) is 54.1 Å². The van der Waals surface area contributed by atoms with Gasteiger partial charge in [0.1, 0.15) is 5.25 Å². The molecule has 0 saturated carbocycles. The van der Waals surface area contributed by atoms with E-state index in [0.29, 0.717) is 11.1 Å². The molecule has 28 heavy (non-hydrogen) atoms. The summed E-state index contributed by atoms with van der Waals surface area (Å²) in [7, 11) is 0. The number of carbonyl (C=O) groups excluding carboxylic acids is 1. The summed E-state index contributed by atoms with van der Waals surface area (Å²) in [5.41, 5.74) is 2.76. The third-order valence-electron chi connectivity index (χ3n) is 4.02. The van der Waals surface area contributed by atoms with E-state index in [4.69, 9.17) is 4.42 Å². The zero-order chi connectivity index (χ0) is 19.3. The SMILES string of the molecule is Cc1ccc(NC(=O)C(Sc2nnc(-c3cccs3)o2)c2ccccc2)cc1. The van der Waals surface area contributed by atoms with Crippen molar-refractivity contribution < 1.29 is 9.21 Å². The van der Waals surface area contributed by atoms with Gasteiger partial charge in [0, 0.05) is 5.69 Å². The highest BCUT2D eigenvalue weighted by atomic mass is 32.2. The average Bonchev–Trinajstić information content (AvgIpc) is 3.40. The van der Waals surface area contributed by atoms with Gasteiger partial charge in [-0.25, -0.2) is 0 Å². The van der Waals surface area contributed by atoms with Crippen LogP contribution in [0.25, 0.3) is 10.8 Å². The van der Waals surface area contributed by atoms with Gasteiger partial charge in [-0.05, 0) is 47.8 Å². The number of benzene rings is 2. The summed E-state index contributed by atoms with van der Waals surface area (Å²) in [6.45, 7) is 2.01. The van der Waals surface area contributed by atoms with Crippen LogP contribution >= 0.6 is 23.1 Å². The number of carbonyl (C=O) groups is 1. The Hall–Kier alpha value is -2.90. The fraction of sp³-hybridized carbons (Fsp3) is 0.0952. The summed E-state index contributed by atoms with van der Waals surface area (Å²) < 4.78 is 5.77. The normalized spacial score (nSPS) is 11.9. The quantitative estimate of drug-likeness (QED) is 0.423. The number of aromatic nitrogens is 2. The zero-order valence-electron chi connectivity index (χ0n) is 15.0. The lowest BCUT2D eigenvalue weighted by Gasteiger charge is -2.15. The van der Waals surface area contributed by atoms with Gasteiger partial charge in [0.2, 0.25) is 5.91 Å². The molecular weight excluding hydrogens is 390 g/mol. The molecule has 0 aliphatic carbocycles. The van der Waals surface area contributed by atoms with Gasteiger partial charge in [-0.3, -0.25) is 4.79 Å². The number of aryl methyl sites for hydroxylation is 1. The van der Waals surface area contributed by atoms with Gasteiger partial charge in [-0.2, -0.15) is 0 Å². The molecule has 1 amide bonds. The molecule has 1 atom stereocenters. The lowest BCUT2D eigenvalue weighted by molar-refractivity contribution is -0.115. The van der Waals surface area contributed by atoms with Crippen molar-refractivity contribution >= 4 is 34.7 Å². The van der Waals surface area contributed by atoms with Crippen LogP contribution in [0.5, 0.6) is 0 Å². The lowest BCUT2D eigenvalue weighted by Crippen LogP contribution is -2.19. The van der Waals surface area contributed by atoms with Crippen molar-refractivity contribution in [2.24, 2.45) is 0 Å². The minimum absolute atomic E-state index is 0.143. The lowest BCUT2D eigenvalue weighted by atomic mass is 10.1. The molecule has 4 rings (SSSR count). The molecule has 0 saturated heterocycles. The molecule has 1 N–H and O–H groups in total. The van der Waals surface area contributed by atoms with Gasteiger partial charge in [0.05, 0.1) is 4.88 Å². The van der Waals surface area contributed by atoms with Crippen LogP contribution in [0, 0.1) is 6.92 Å². The van der Waals surface area contributed by atoms with Gasteiger partial charge >= 0.3 is 0 Å². The Morgan fingerprint density at radius 1 is 1.04 bits per heavy atom. The van der Waals surface area contributed by atoms with Gasteiger partial charge in [0.15, 0.2) is 0 Å². The smallest absolute Gasteiger partial charge is 0.278 e. The Morgan fingerprint density at radius 2 is 1.82 bits per heavy atom. The van der Waals surface area contributed by atoms with E-state index < -0.39 is 5.25 Å². The van der Waals surface area contributed by atoms with Crippen LogP contribution < -0.4 is 5.32 Å². The molecule has 0 radical (unpaired) electrons. The molecule has 0 bridgehead atoms. The van der Waals surface area contributed by atoms with E-state index in [1.54, 1.807) is 0 Å². The first kappa shape index (κ1) is 18.5. The van der Waals surface area contributed by atoms with E-state index in [2.05, 4.69) is 15.5 Å². The number of thiophene rings is 1. The van der Waals surface area contributed by atoms with E-state index >= 15 is 0 Å². The van der Waals surface area contributed by atoms with Crippen LogP contribution in [0.1, 0.15) is 16.4 Å². The maximum Gasteiger partial charge on any atom is 0.278 e. The molecule has 1 unspecified atom stereocenters. The summed E-state index contributed by atoms with van der Waals surface area (Å²) in [6.07, 6.45) is 0. The molecule has 4 aromatic rings. The number of anilines is 1. The maximum absolute atomic E-state index is 13.0. The average molecular weight is 408 g/mol. The molecule has 140 valence electrons. The molecule has 7 heteroatoms. The molecule has 0 spiro atoms. The van der Waals surface area contributed by atoms with E-state index in [9.17, 15) is 4.79 Å². The largest absolute Gasteiger partial charge is 0.410 e. The Balaban J connectivity index is 1.57. The third-order valence-corrected chi connectivity index (χ3v) is 5.96. The van der Waals surface area contributed by atoms with Crippen molar-refractivity contribution in [3.8, 4) is 10.8 Å². The van der Waals surface area contributed by atoms with Gasteiger partial charge < -0.3 is 9.73 Å². The number of amides is 1. The van der Waals surface area contributed by atoms with Crippen molar-refractivity contribution in [1.82, 2.24) is 10.2 Å². The Morgan fingerprint density at radius 3 is 2.54 bits per heavy atom. The van der Waals surface area contributed by atoms with Crippen molar-refractivity contribution in [3.05, 3.63) is 83.2 Å². The molecule has 5 nitrogen and oxygen atoms in total. The van der Waals surface area contributed by atoms with E-state index in [0.717, 1.165) is 21.7 Å². The Labute approximate surface area is 170 Å². The molecule has 2 aromatic heterocycles. The first-order valence-corrected chi connectivity index (χ1v) is 10.4. The Kier molecular flexibility index (Phi) is 5.55. The first-order valence-electron chi connectivity index (χ1n) is 8.65. The van der Waals surface area contributed by atoms with E-state index in [1.165, 1.54) is 23.1 Å². The number of rotatable bonds is 6. The zero-order valence-corrected chi connectivity index (χ0v) is 16.7. The van der Waals surface area contributed by atoms with Crippen molar-refractivity contribution in [3.63, 3.8) is 0 Å². The second kappa shape index (κ2) is 8.41. The van der Waals surface area contributed by atoms with Crippen molar-refractivity contribution in [2.45, 2.75) is 17.4 Å². The van der Waals surface area contributed by atoms with Crippen LogP contribution in [0.3, 0.4) is 0 Å². The number of hydrogen-bond acceptors (Lipinski definition) is 6. The molecule has 0 fully saturated rings. The topological polar surface area (TPSA) is 68.0 Å². The summed E-state index contributed by atoms with van der Waals surface area (Å²) in [5, 5.41) is 13.0. The predicted octanol–water partition coefficient (Wildman–Crippen LogP) is 5.58. The third kappa shape index (κ3) is 4.32. The number of hydrogen-bond donors (Lipinski definition) is 1. The second-order valence-corrected chi connectivity index (χ2v) is 8.12. The highest BCUT2D eigenvalue weighted by molar-refractivity contribution is 8.00. The molecule has 2 heterocycles. The fourth-order valence-corrected chi connectivity index (χ4v) is 4.12. The maximum atomic E-state index is 13.0. The van der Waals surface area contributed by atoms with Crippen LogP contribution in [0.2, 0.25) is 0 Å². The summed E-state index contributed by atoms with van der Waals surface area (Å²) in [4.78, 5) is 13.9. The summed E-state index contributed by atoms with van der Waals surface area (Å²) in [6, 6.07) is 21.1. The number of nitrogens with zero attached hydrogens (tertiary/aromatic N) is 2. The highest BCUT2D eigenvalue weighted by Gasteiger charge is 2.25. The predicted molar refractivity (Wildman–Crippen MR) is 112 cm³/mol. The van der Waals surface area contributed by atoms with Crippen LogP contribution in [-0.4, -0.2) is 16.1 Å². The first-order chi connectivity index (χ1) is 13.7. The minimum atomic E-state index is -0.515. The fourth-order valence-electron chi connectivity index (χ4n) is 2.60. The number of thioether (sulfide) groups is 1. The molecule has 0 aliphatic rings. The van der Waals surface area contributed by atoms with Crippen LogP contribution in [-0.2, 0) is 4.79 Å². The molecule has 2 aromatic carbocycles. The highest BCUT2D eigenvalue weighted by Crippen LogP contribution is 2.37. The van der Waals surface area contributed by atoms with Crippen molar-refractivity contribution in [1.29, 1.82) is 0 Å². The van der Waals surface area contributed by atoms with Crippen LogP contribution in [0.4, 0.5) is 5.69 Å². The minimum Gasteiger partial charge on any atom is -0.410 e. The standard InChI is InChI=1S/C21H17N3O2S2/c1-14-9-11-16(12-10-14)22-19(25)18(15-6-3-2-4-7-15)28-21-24-23-20(26-21)17-8-5-13-27-17/h2-13,18H,1H3,(H,22,25). The van der Waals surface area contributed by atoms with E-state index in [1.807, 2.05) is 79.0 Å². The van der Waals surface area contributed by atoms with Gasteiger partial charge in [-0.15, -0.1) is 21.5 Å². The Bertz CT molecular complexity index is 1040. The van der Waals surface area contributed by atoms with Crippen molar-refractivity contribution in [2.75, 3.05) is 5.32 Å². The summed E-state index contributed by atoms with van der Waals surface area (Å²) in [5.74, 6) is 0.319. The molecule has 0 aliphatic heterocycles. The second-order valence-electron chi connectivity index (χ2n) is 6.11. The molecular formula is C21H17N3O2S2. The number of nitrogens with one attached hydrogen (secondary N) is 1. The monoisotopic (exact) mass is 407 g/mol.